The summed E-state index contributed by atoms with van der Waals surface area (Å²) in [4.78, 5) is 36.3. The fraction of sp³-hybridized carbons (Fsp3) is 0.185. The maximum Gasteiger partial charge on any atom is 0.339 e. The van der Waals surface area contributed by atoms with E-state index in [-0.39, 0.29) is 0 Å². The first kappa shape index (κ1) is 23.2. The van der Waals surface area contributed by atoms with Gasteiger partial charge in [-0.15, -0.1) is 11.3 Å². The molecule has 1 amide bonds. The second kappa shape index (κ2) is 9.98. The minimum absolute atomic E-state index is 0.331. The van der Waals surface area contributed by atoms with Crippen LogP contribution >= 0.6 is 22.9 Å². The highest BCUT2D eigenvalue weighted by Crippen LogP contribution is 2.37. The molecule has 1 atom stereocenters. The molecule has 0 aliphatic heterocycles. The van der Waals surface area contributed by atoms with E-state index < -0.39 is 18.0 Å². The average Bonchev–Trinajstić information content (AvgIpc) is 3.37. The third-order valence-electron chi connectivity index (χ3n) is 5.87. The molecule has 0 radical (unpaired) electrons. The van der Waals surface area contributed by atoms with Crippen molar-refractivity contribution in [3.63, 3.8) is 0 Å². The number of thiophene rings is 1. The van der Waals surface area contributed by atoms with E-state index >= 15 is 0 Å². The molecule has 35 heavy (non-hydrogen) atoms. The lowest BCUT2D eigenvalue weighted by molar-refractivity contribution is -0.123. The first-order valence-corrected chi connectivity index (χ1v) is 12.5. The number of hydrogen-bond acceptors (Lipinski definition) is 6. The molecule has 8 heteroatoms. The quantitative estimate of drug-likeness (QED) is 0.318. The number of benzene rings is 1. The number of nitrogens with zero attached hydrogens (tertiary/aromatic N) is 2. The highest BCUT2D eigenvalue weighted by Gasteiger charge is 2.28. The van der Waals surface area contributed by atoms with Crippen molar-refractivity contribution in [2.75, 3.05) is 5.32 Å². The number of carbonyl (C=O) groups excluding carboxylic acids is 2. The molecule has 1 aliphatic carbocycles. The normalized spacial score (nSPS) is 15.0. The van der Waals surface area contributed by atoms with E-state index in [2.05, 4.69) is 22.4 Å². The van der Waals surface area contributed by atoms with Crippen molar-refractivity contribution in [3.8, 4) is 0 Å². The number of amides is 1. The lowest BCUT2D eigenvalue weighted by atomic mass is 9.86. The summed E-state index contributed by atoms with van der Waals surface area (Å²) in [5.41, 5.74) is 4.01. The van der Waals surface area contributed by atoms with Crippen LogP contribution < -0.4 is 5.32 Å². The maximum absolute atomic E-state index is 13.5. The second-order valence-corrected chi connectivity index (χ2v) is 9.68. The lowest BCUT2D eigenvalue weighted by Gasteiger charge is -2.23. The molecular formula is C27H22ClN3O3S. The second-order valence-electron chi connectivity index (χ2n) is 8.27. The summed E-state index contributed by atoms with van der Waals surface area (Å²) in [6.07, 6.45) is 5.07. The van der Waals surface area contributed by atoms with Crippen LogP contribution in [0.3, 0.4) is 0 Å². The number of anilines is 1. The topological polar surface area (TPSA) is 81.2 Å². The van der Waals surface area contributed by atoms with Crippen LogP contribution in [0.25, 0.3) is 22.6 Å². The molecule has 1 aliphatic rings. The van der Waals surface area contributed by atoms with Crippen LogP contribution in [-0.2, 0) is 16.0 Å². The minimum atomic E-state index is -1.02. The van der Waals surface area contributed by atoms with E-state index in [1.807, 2.05) is 35.7 Å². The predicted molar refractivity (Wildman–Crippen MR) is 140 cm³/mol. The number of hydrogen-bond donors (Lipinski definition) is 1. The molecule has 3 aromatic heterocycles. The number of para-hydroxylation sites is 1. The van der Waals surface area contributed by atoms with Gasteiger partial charge in [0.1, 0.15) is 5.82 Å². The van der Waals surface area contributed by atoms with Gasteiger partial charge in [-0.3, -0.25) is 4.79 Å². The zero-order valence-electron chi connectivity index (χ0n) is 19.0. The summed E-state index contributed by atoms with van der Waals surface area (Å²) in [7, 11) is 0. The van der Waals surface area contributed by atoms with Crippen LogP contribution in [0.1, 0.15) is 46.3 Å². The number of ether oxygens (including phenoxy) is 1. The molecule has 3 heterocycles. The molecule has 5 rings (SSSR count). The fourth-order valence-electron chi connectivity index (χ4n) is 4.20. The van der Waals surface area contributed by atoms with Gasteiger partial charge < -0.3 is 10.1 Å². The van der Waals surface area contributed by atoms with Crippen molar-refractivity contribution in [3.05, 3.63) is 86.8 Å². The van der Waals surface area contributed by atoms with Crippen molar-refractivity contribution in [1.29, 1.82) is 0 Å². The molecule has 6 nitrogen and oxygen atoms in total. The summed E-state index contributed by atoms with van der Waals surface area (Å²) >= 11 is 7.52. The van der Waals surface area contributed by atoms with Crippen LogP contribution in [0.5, 0.6) is 0 Å². The van der Waals surface area contributed by atoms with Crippen LogP contribution in [0.4, 0.5) is 5.82 Å². The van der Waals surface area contributed by atoms with Gasteiger partial charge in [0.15, 0.2) is 6.10 Å². The van der Waals surface area contributed by atoms with Gasteiger partial charge in [0.25, 0.3) is 5.91 Å². The monoisotopic (exact) mass is 503 g/mol. The van der Waals surface area contributed by atoms with Gasteiger partial charge in [-0.25, -0.2) is 14.8 Å². The molecule has 0 bridgehead atoms. The molecule has 176 valence electrons. The van der Waals surface area contributed by atoms with Crippen LogP contribution in [0, 0.1) is 0 Å². The molecule has 0 fully saturated rings. The Morgan fingerprint density at radius 3 is 2.77 bits per heavy atom. The van der Waals surface area contributed by atoms with E-state index in [0.717, 1.165) is 45.5 Å². The molecule has 1 N–H and O–H groups in total. The number of pyridine rings is 2. The van der Waals surface area contributed by atoms with Crippen molar-refractivity contribution >= 4 is 63.2 Å². The van der Waals surface area contributed by atoms with Gasteiger partial charge >= 0.3 is 5.97 Å². The van der Waals surface area contributed by atoms with Crippen LogP contribution in [0.2, 0.25) is 5.02 Å². The first-order valence-electron chi connectivity index (χ1n) is 11.3. The van der Waals surface area contributed by atoms with E-state index in [1.54, 1.807) is 30.4 Å². The number of rotatable bonds is 5. The Balaban J connectivity index is 1.48. The Labute approximate surface area is 211 Å². The molecule has 1 aromatic carbocycles. The number of esters is 1. The standard InChI is InChI=1S/C27H22ClN3O3S/c1-16(26(32)31-23-12-11-18(28)15-29-23)34-27(33)24-20-8-2-3-10-22(20)30-25-17(6-4-9-21(24)25)14-19-7-5-13-35-19/h2-3,5,7-8,10-16H,4,6,9H2,1H3,(H,29,31,32)/b17-14-/t16-/m0/s1. The Bertz CT molecular complexity index is 1430. The molecule has 4 aromatic rings. The van der Waals surface area contributed by atoms with Crippen molar-refractivity contribution in [2.24, 2.45) is 0 Å². The van der Waals surface area contributed by atoms with Gasteiger partial charge in [-0.2, -0.15) is 0 Å². The summed E-state index contributed by atoms with van der Waals surface area (Å²) < 4.78 is 5.66. The maximum atomic E-state index is 13.5. The Kier molecular flexibility index (Phi) is 6.61. The first-order chi connectivity index (χ1) is 17.0. The van der Waals surface area contributed by atoms with Gasteiger partial charge in [-0.1, -0.05) is 35.9 Å². The van der Waals surface area contributed by atoms with Crippen molar-refractivity contribution in [2.45, 2.75) is 32.3 Å². The SMILES string of the molecule is C[C@H](OC(=O)c1c2c(nc3ccccc13)/C(=C\c1cccs1)CCC2)C(=O)Nc1ccc(Cl)cn1. The number of fused-ring (bicyclic) bond motifs is 2. The molecular weight excluding hydrogens is 482 g/mol. The Hall–Kier alpha value is -3.55. The predicted octanol–water partition coefficient (Wildman–Crippen LogP) is 6.41. The molecule has 0 spiro atoms. The highest BCUT2D eigenvalue weighted by molar-refractivity contribution is 7.10. The summed E-state index contributed by atoms with van der Waals surface area (Å²) in [6, 6.07) is 14.8. The molecule has 0 saturated heterocycles. The lowest BCUT2D eigenvalue weighted by Crippen LogP contribution is -2.31. The smallest absolute Gasteiger partial charge is 0.339 e. The third-order valence-corrected chi connectivity index (χ3v) is 6.91. The minimum Gasteiger partial charge on any atom is -0.449 e. The van der Waals surface area contributed by atoms with E-state index in [1.165, 1.54) is 6.20 Å². The van der Waals surface area contributed by atoms with Crippen molar-refractivity contribution in [1.82, 2.24) is 9.97 Å². The van der Waals surface area contributed by atoms with Gasteiger partial charge in [0, 0.05) is 16.5 Å². The average molecular weight is 504 g/mol. The van der Waals surface area contributed by atoms with Gasteiger partial charge in [-0.05, 0) is 73.0 Å². The number of nitrogens with one attached hydrogen (secondary N) is 1. The zero-order chi connectivity index (χ0) is 24.4. The summed E-state index contributed by atoms with van der Waals surface area (Å²) in [6.45, 7) is 1.54. The highest BCUT2D eigenvalue weighted by atomic mass is 35.5. The number of halogens is 1. The van der Waals surface area contributed by atoms with Crippen LogP contribution in [-0.4, -0.2) is 27.9 Å². The summed E-state index contributed by atoms with van der Waals surface area (Å²) in [5, 5.41) is 5.88. The van der Waals surface area contributed by atoms with Gasteiger partial charge in [0.2, 0.25) is 0 Å². The third kappa shape index (κ3) is 4.97. The molecule has 0 unspecified atom stereocenters. The Morgan fingerprint density at radius 1 is 1.14 bits per heavy atom. The fourth-order valence-corrected chi connectivity index (χ4v) is 5.00. The number of allylic oxidation sites excluding steroid dienone is 1. The zero-order valence-corrected chi connectivity index (χ0v) is 20.5. The van der Waals surface area contributed by atoms with E-state index in [4.69, 9.17) is 21.3 Å². The van der Waals surface area contributed by atoms with E-state index in [0.29, 0.717) is 22.8 Å². The number of aromatic nitrogens is 2. The largest absolute Gasteiger partial charge is 0.449 e. The summed E-state index contributed by atoms with van der Waals surface area (Å²) in [5.74, 6) is -0.681. The Morgan fingerprint density at radius 2 is 2.00 bits per heavy atom. The molecule has 0 saturated carbocycles. The van der Waals surface area contributed by atoms with E-state index in [9.17, 15) is 9.59 Å². The van der Waals surface area contributed by atoms with Gasteiger partial charge in [0.05, 0.1) is 21.8 Å². The number of carbonyl (C=O) groups is 2. The van der Waals surface area contributed by atoms with Crippen LogP contribution in [0.15, 0.2) is 60.1 Å². The van der Waals surface area contributed by atoms with Crippen molar-refractivity contribution < 1.29 is 14.3 Å².